The van der Waals surface area contributed by atoms with E-state index < -0.39 is 0 Å². The van der Waals surface area contributed by atoms with Gasteiger partial charge in [0, 0.05) is 44.5 Å². The maximum Gasteiger partial charge on any atom is 0.245 e. The van der Waals surface area contributed by atoms with Gasteiger partial charge in [-0.1, -0.05) is 17.7 Å². The number of nitrogens with one attached hydrogen (secondary N) is 1. The zero-order valence-corrected chi connectivity index (χ0v) is 22.3. The Balaban J connectivity index is 1.31. The average molecular weight is 534 g/mol. The third-order valence-electron chi connectivity index (χ3n) is 7.37. The van der Waals surface area contributed by atoms with Crippen LogP contribution in [0.15, 0.2) is 48.9 Å². The third kappa shape index (κ3) is 5.32. The van der Waals surface area contributed by atoms with Crippen molar-refractivity contribution >= 4 is 22.8 Å². The van der Waals surface area contributed by atoms with Crippen LogP contribution in [0.2, 0.25) is 5.02 Å². The average Bonchev–Trinajstić information content (AvgIpc) is 3.28. The number of fused-ring (bicyclic) bond motifs is 1. The molecule has 1 aliphatic carbocycles. The fourth-order valence-corrected chi connectivity index (χ4v) is 5.26. The van der Waals surface area contributed by atoms with Crippen molar-refractivity contribution in [3.8, 4) is 23.0 Å². The van der Waals surface area contributed by atoms with E-state index in [1.54, 1.807) is 6.20 Å². The van der Waals surface area contributed by atoms with E-state index in [1.165, 1.54) is 6.33 Å². The molecule has 1 saturated carbocycles. The largest absolute Gasteiger partial charge is 0.492 e. The van der Waals surface area contributed by atoms with Crippen molar-refractivity contribution < 1.29 is 9.47 Å². The molecule has 198 valence electrons. The van der Waals surface area contributed by atoms with Gasteiger partial charge >= 0.3 is 0 Å². The first-order chi connectivity index (χ1) is 18.6. The van der Waals surface area contributed by atoms with Crippen molar-refractivity contribution in [2.24, 2.45) is 0 Å². The van der Waals surface area contributed by atoms with Crippen LogP contribution >= 0.6 is 11.6 Å². The molecule has 6 rings (SSSR count). The smallest absolute Gasteiger partial charge is 0.245 e. The molecule has 0 unspecified atom stereocenters. The topological polar surface area (TPSA) is 90.2 Å². The van der Waals surface area contributed by atoms with Crippen molar-refractivity contribution in [3.63, 3.8) is 0 Å². The van der Waals surface area contributed by atoms with E-state index in [2.05, 4.69) is 32.1 Å². The molecular formula is C28H32ClN7O2. The normalized spacial score (nSPS) is 17.3. The fraction of sp³-hybridized carbons (Fsp3) is 0.429. The summed E-state index contributed by atoms with van der Waals surface area (Å²) in [6, 6.07) is 11.6. The molecule has 38 heavy (non-hydrogen) atoms. The molecule has 2 aliphatic rings. The molecule has 2 fully saturated rings. The van der Waals surface area contributed by atoms with E-state index in [-0.39, 0.29) is 5.60 Å². The number of hydrogen-bond donors (Lipinski definition) is 1. The number of aromatic nitrogens is 5. The monoisotopic (exact) mass is 533 g/mol. The Bertz CT molecular complexity index is 1400. The number of rotatable bonds is 9. The second-order valence-electron chi connectivity index (χ2n) is 10.2. The summed E-state index contributed by atoms with van der Waals surface area (Å²) in [5, 5.41) is 3.93. The Kier molecular flexibility index (Phi) is 7.14. The van der Waals surface area contributed by atoms with Crippen molar-refractivity contribution in [1.29, 1.82) is 0 Å². The summed E-state index contributed by atoms with van der Waals surface area (Å²) >= 11 is 6.84. The number of benzene rings is 1. The van der Waals surface area contributed by atoms with Crippen LogP contribution in [0.4, 0.5) is 0 Å². The van der Waals surface area contributed by atoms with Crippen LogP contribution in [0.1, 0.15) is 31.9 Å². The Morgan fingerprint density at radius 3 is 2.68 bits per heavy atom. The highest BCUT2D eigenvalue weighted by Gasteiger charge is 2.35. The van der Waals surface area contributed by atoms with Gasteiger partial charge in [0.2, 0.25) is 5.88 Å². The first-order valence-corrected chi connectivity index (χ1v) is 13.6. The van der Waals surface area contributed by atoms with Crippen LogP contribution < -0.4 is 14.8 Å². The molecule has 0 spiro atoms. The minimum absolute atomic E-state index is 0.215. The maximum absolute atomic E-state index is 6.84. The zero-order valence-electron chi connectivity index (χ0n) is 21.6. The Labute approximate surface area is 227 Å². The van der Waals surface area contributed by atoms with Gasteiger partial charge in [-0.3, -0.25) is 9.88 Å². The molecule has 0 radical (unpaired) electrons. The standard InChI is InChI=1S/C28H32ClN7O2/c1-28(8-4-9-28)38-27-24-26(32-19-33-27)36(18-20-5-2-3-10-31-20)25(34-24)22-7-6-21(17-23(22)29)37-16-15-35-13-11-30-12-14-35/h2-3,5-7,10,17,19,30H,4,8-9,11-16,18H2,1H3. The SMILES string of the molecule is CC1(Oc2ncnc3c2nc(-c2ccc(OCCN4CCNCC4)cc2Cl)n3Cc2ccccn2)CCC1. The lowest BCUT2D eigenvalue weighted by molar-refractivity contribution is 0.00848. The Morgan fingerprint density at radius 2 is 1.95 bits per heavy atom. The van der Waals surface area contributed by atoms with Gasteiger partial charge in [0.1, 0.15) is 30.1 Å². The summed E-state index contributed by atoms with van der Waals surface area (Å²) in [6.07, 6.45) is 6.48. The highest BCUT2D eigenvalue weighted by atomic mass is 35.5. The molecule has 0 atom stereocenters. The van der Waals surface area contributed by atoms with Gasteiger partial charge < -0.3 is 19.4 Å². The summed E-state index contributed by atoms with van der Waals surface area (Å²) in [6.45, 7) is 8.25. The lowest BCUT2D eigenvalue weighted by atomic mass is 9.82. The number of piperazine rings is 1. The van der Waals surface area contributed by atoms with Crippen LogP contribution in [0.3, 0.4) is 0 Å². The molecule has 1 aliphatic heterocycles. The second-order valence-corrected chi connectivity index (χ2v) is 10.6. The molecule has 0 bridgehead atoms. The Hall–Kier alpha value is -3.27. The van der Waals surface area contributed by atoms with E-state index in [0.717, 1.165) is 69.0 Å². The van der Waals surface area contributed by atoms with E-state index >= 15 is 0 Å². The molecule has 10 heteroatoms. The number of ether oxygens (including phenoxy) is 2. The van der Waals surface area contributed by atoms with Gasteiger partial charge in [0.15, 0.2) is 11.2 Å². The van der Waals surface area contributed by atoms with Gasteiger partial charge in [-0.2, -0.15) is 4.98 Å². The van der Waals surface area contributed by atoms with Gasteiger partial charge in [0.05, 0.1) is 17.3 Å². The van der Waals surface area contributed by atoms with E-state index in [1.807, 2.05) is 41.0 Å². The molecule has 4 heterocycles. The number of nitrogens with zero attached hydrogens (tertiary/aromatic N) is 6. The van der Waals surface area contributed by atoms with Crippen molar-refractivity contribution in [2.75, 3.05) is 39.3 Å². The minimum atomic E-state index is -0.215. The predicted molar refractivity (Wildman–Crippen MR) is 147 cm³/mol. The predicted octanol–water partition coefficient (Wildman–Crippen LogP) is 4.20. The van der Waals surface area contributed by atoms with E-state index in [0.29, 0.717) is 41.0 Å². The second kappa shape index (κ2) is 10.8. The van der Waals surface area contributed by atoms with Crippen molar-refractivity contribution in [2.45, 2.75) is 38.3 Å². The van der Waals surface area contributed by atoms with Gasteiger partial charge in [-0.15, -0.1) is 0 Å². The maximum atomic E-state index is 6.84. The molecule has 0 amide bonds. The van der Waals surface area contributed by atoms with Crippen LogP contribution in [0.25, 0.3) is 22.6 Å². The zero-order chi connectivity index (χ0) is 26.0. The molecule has 1 saturated heterocycles. The van der Waals surface area contributed by atoms with Crippen LogP contribution in [-0.2, 0) is 6.54 Å². The molecule has 4 aromatic rings. The molecule has 9 nitrogen and oxygen atoms in total. The minimum Gasteiger partial charge on any atom is -0.492 e. The van der Waals surface area contributed by atoms with Crippen LogP contribution in [0, 0.1) is 0 Å². The van der Waals surface area contributed by atoms with Crippen LogP contribution in [0.5, 0.6) is 11.6 Å². The van der Waals surface area contributed by atoms with E-state index in [9.17, 15) is 0 Å². The first-order valence-electron chi connectivity index (χ1n) is 13.2. The Morgan fingerprint density at radius 1 is 1.08 bits per heavy atom. The van der Waals surface area contributed by atoms with Gasteiger partial charge in [-0.05, 0) is 56.5 Å². The number of pyridine rings is 1. The highest BCUT2D eigenvalue weighted by molar-refractivity contribution is 6.33. The summed E-state index contributed by atoms with van der Waals surface area (Å²) in [7, 11) is 0. The van der Waals surface area contributed by atoms with Gasteiger partial charge in [0.25, 0.3) is 0 Å². The quantitative estimate of drug-likeness (QED) is 0.342. The van der Waals surface area contributed by atoms with Crippen molar-refractivity contribution in [1.82, 2.24) is 34.7 Å². The van der Waals surface area contributed by atoms with Crippen LogP contribution in [-0.4, -0.2) is 74.3 Å². The summed E-state index contributed by atoms with van der Waals surface area (Å²) in [4.78, 5) is 21.0. The first kappa shape index (κ1) is 25.0. The lowest BCUT2D eigenvalue weighted by Crippen LogP contribution is -2.44. The number of hydrogen-bond acceptors (Lipinski definition) is 8. The molecule has 3 aromatic heterocycles. The van der Waals surface area contributed by atoms with Crippen molar-refractivity contribution in [3.05, 3.63) is 59.6 Å². The lowest BCUT2D eigenvalue weighted by Gasteiger charge is -2.37. The third-order valence-corrected chi connectivity index (χ3v) is 7.68. The summed E-state index contributed by atoms with van der Waals surface area (Å²) in [5.41, 5.74) is 2.78. The van der Waals surface area contributed by atoms with Gasteiger partial charge in [-0.25, -0.2) is 9.97 Å². The molecular weight excluding hydrogens is 502 g/mol. The summed E-state index contributed by atoms with van der Waals surface area (Å²) in [5.74, 6) is 1.93. The van der Waals surface area contributed by atoms with E-state index in [4.69, 9.17) is 26.1 Å². The fourth-order valence-electron chi connectivity index (χ4n) is 5.00. The highest BCUT2D eigenvalue weighted by Crippen LogP contribution is 2.39. The number of halogens is 1. The number of imidazole rings is 1. The molecule has 1 N–H and O–H groups in total. The molecule has 1 aromatic carbocycles. The summed E-state index contributed by atoms with van der Waals surface area (Å²) < 4.78 is 14.4.